The van der Waals surface area contributed by atoms with Gasteiger partial charge in [0.05, 0.1) is 24.3 Å². The highest BCUT2D eigenvalue weighted by Crippen LogP contribution is 2.40. The number of benzene rings is 2. The molecule has 2 atom stereocenters. The first-order chi connectivity index (χ1) is 15.4. The normalized spacial score (nSPS) is 25.5. The first-order valence-corrected chi connectivity index (χ1v) is 11.6. The third-order valence-electron chi connectivity index (χ3n) is 7.07. The molecule has 3 aliphatic heterocycles. The van der Waals surface area contributed by atoms with Crippen LogP contribution in [-0.2, 0) is 17.8 Å². The van der Waals surface area contributed by atoms with Gasteiger partial charge in [-0.2, -0.15) is 0 Å². The molecule has 1 N–H and O–H groups in total. The van der Waals surface area contributed by atoms with Gasteiger partial charge in [0, 0.05) is 56.9 Å². The third kappa shape index (κ3) is 4.30. The van der Waals surface area contributed by atoms with Gasteiger partial charge < -0.3 is 9.84 Å². The first-order valence-electron chi connectivity index (χ1n) is 11.3. The fraction of sp³-hybridized carbons (Fsp3) is 0.480. The summed E-state index contributed by atoms with van der Waals surface area (Å²) < 4.78 is 4.88. The fourth-order valence-corrected chi connectivity index (χ4v) is 6.09. The summed E-state index contributed by atoms with van der Waals surface area (Å²) in [6.07, 6.45) is 0.579. The average molecular weight is 456 g/mol. The molecule has 3 aliphatic rings. The van der Waals surface area contributed by atoms with E-state index in [4.69, 9.17) is 16.3 Å². The largest absolute Gasteiger partial charge is 0.465 e. The molecule has 0 bridgehead atoms. The van der Waals surface area contributed by atoms with Crippen LogP contribution >= 0.6 is 11.6 Å². The number of piperazine rings is 1. The van der Waals surface area contributed by atoms with E-state index in [2.05, 4.69) is 26.8 Å². The van der Waals surface area contributed by atoms with Crippen molar-refractivity contribution >= 4 is 17.6 Å². The highest BCUT2D eigenvalue weighted by Gasteiger charge is 2.55. The number of esters is 1. The second kappa shape index (κ2) is 8.76. The predicted octanol–water partition coefficient (Wildman–Crippen LogP) is 2.63. The molecule has 2 aromatic rings. The molecule has 3 saturated heterocycles. The van der Waals surface area contributed by atoms with Crippen LogP contribution in [0.2, 0.25) is 5.02 Å². The van der Waals surface area contributed by atoms with Gasteiger partial charge in [-0.1, -0.05) is 35.9 Å². The quantitative estimate of drug-likeness (QED) is 0.699. The monoisotopic (exact) mass is 455 g/mol. The maximum absolute atomic E-state index is 11.9. The number of carbonyl (C=O) groups excluding carboxylic acids is 1. The Morgan fingerprint density at radius 3 is 2.50 bits per heavy atom. The first kappa shape index (κ1) is 21.9. The van der Waals surface area contributed by atoms with Crippen molar-refractivity contribution in [3.8, 4) is 0 Å². The molecule has 0 saturated carbocycles. The Kier molecular flexibility index (Phi) is 5.99. The van der Waals surface area contributed by atoms with E-state index in [0.29, 0.717) is 11.6 Å². The van der Waals surface area contributed by atoms with Crippen LogP contribution in [0.5, 0.6) is 0 Å². The Balaban J connectivity index is 1.29. The summed E-state index contributed by atoms with van der Waals surface area (Å²) in [6, 6.07) is 16.2. The van der Waals surface area contributed by atoms with Crippen molar-refractivity contribution in [2.75, 3.05) is 39.8 Å². The summed E-state index contributed by atoms with van der Waals surface area (Å²) in [4.78, 5) is 19.4. The summed E-state index contributed by atoms with van der Waals surface area (Å²) >= 11 is 6.17. The number of nitrogens with zero attached hydrogens (tertiary/aromatic N) is 3. The number of likely N-dealkylation sites (tertiary alicyclic amines) is 1. The SMILES string of the molecule is COC(=O)c1cccc(CN2C[C@@H]3C[C@@H](O)CN3C3(C2)CN(Cc2cccc(Cl)c2)C3)c1. The van der Waals surface area contributed by atoms with E-state index in [1.54, 1.807) is 6.07 Å². The maximum Gasteiger partial charge on any atom is 0.337 e. The van der Waals surface area contributed by atoms with E-state index in [-0.39, 0.29) is 17.6 Å². The molecule has 170 valence electrons. The molecule has 0 unspecified atom stereocenters. The fourth-order valence-electron chi connectivity index (χ4n) is 5.88. The van der Waals surface area contributed by atoms with E-state index < -0.39 is 0 Å². The minimum Gasteiger partial charge on any atom is -0.465 e. The van der Waals surface area contributed by atoms with Gasteiger partial charge in [-0.25, -0.2) is 4.79 Å². The van der Waals surface area contributed by atoms with E-state index >= 15 is 0 Å². The Morgan fingerprint density at radius 2 is 1.75 bits per heavy atom. The van der Waals surface area contributed by atoms with Crippen molar-refractivity contribution in [2.24, 2.45) is 0 Å². The van der Waals surface area contributed by atoms with Gasteiger partial charge in [0.15, 0.2) is 0 Å². The second-order valence-electron chi connectivity index (χ2n) is 9.56. The molecule has 6 nitrogen and oxygen atoms in total. The molecular weight excluding hydrogens is 426 g/mol. The predicted molar refractivity (Wildman–Crippen MR) is 124 cm³/mol. The van der Waals surface area contributed by atoms with Crippen LogP contribution in [0.15, 0.2) is 48.5 Å². The van der Waals surface area contributed by atoms with Crippen molar-refractivity contribution in [2.45, 2.75) is 37.2 Å². The topological polar surface area (TPSA) is 56.2 Å². The molecule has 5 rings (SSSR count). The summed E-state index contributed by atoms with van der Waals surface area (Å²) in [5.74, 6) is -0.303. The molecule has 0 aromatic heterocycles. The number of rotatable bonds is 5. The Labute approximate surface area is 194 Å². The summed E-state index contributed by atoms with van der Waals surface area (Å²) in [7, 11) is 1.41. The zero-order valence-electron chi connectivity index (χ0n) is 18.4. The van der Waals surface area contributed by atoms with Crippen LogP contribution in [-0.4, -0.2) is 83.3 Å². The van der Waals surface area contributed by atoms with E-state index in [9.17, 15) is 9.90 Å². The summed E-state index contributed by atoms with van der Waals surface area (Å²) in [5.41, 5.74) is 3.01. The molecule has 2 aromatic carbocycles. The van der Waals surface area contributed by atoms with Crippen LogP contribution in [0, 0.1) is 0 Å². The smallest absolute Gasteiger partial charge is 0.337 e. The van der Waals surface area contributed by atoms with Gasteiger partial charge in [-0.15, -0.1) is 0 Å². The Bertz CT molecular complexity index is 994. The molecule has 32 heavy (non-hydrogen) atoms. The van der Waals surface area contributed by atoms with E-state index in [0.717, 1.165) is 62.8 Å². The van der Waals surface area contributed by atoms with Crippen LogP contribution in [0.1, 0.15) is 27.9 Å². The number of hydrogen-bond donors (Lipinski definition) is 1. The summed E-state index contributed by atoms with van der Waals surface area (Å²) in [5, 5.41) is 11.2. The van der Waals surface area contributed by atoms with E-state index in [1.807, 2.05) is 30.3 Å². The highest BCUT2D eigenvalue weighted by molar-refractivity contribution is 6.30. The van der Waals surface area contributed by atoms with Crippen molar-refractivity contribution in [1.29, 1.82) is 0 Å². The number of methoxy groups -OCH3 is 1. The van der Waals surface area contributed by atoms with Crippen LogP contribution in [0.4, 0.5) is 0 Å². The number of carbonyl (C=O) groups is 1. The Morgan fingerprint density at radius 1 is 1.06 bits per heavy atom. The standard InChI is InChI=1S/C25H30ClN3O3/c1-32-24(31)20-6-2-4-18(8-20)11-27-13-22-10-23(30)14-29(22)25(15-27)16-28(17-25)12-19-5-3-7-21(26)9-19/h2-9,22-23,30H,10-17H2,1H3/t22-,23+/m0/s1. The van der Waals surface area contributed by atoms with Crippen LogP contribution in [0.3, 0.4) is 0 Å². The number of halogens is 1. The van der Waals surface area contributed by atoms with Gasteiger partial charge >= 0.3 is 5.97 Å². The molecule has 1 spiro atoms. The van der Waals surface area contributed by atoms with Gasteiger partial charge in [-0.3, -0.25) is 14.7 Å². The van der Waals surface area contributed by atoms with Crippen molar-refractivity contribution in [3.05, 3.63) is 70.2 Å². The lowest BCUT2D eigenvalue weighted by molar-refractivity contribution is -0.118. The number of aliphatic hydroxyl groups is 1. The number of aliphatic hydroxyl groups excluding tert-OH is 1. The van der Waals surface area contributed by atoms with Gasteiger partial charge in [0.2, 0.25) is 0 Å². The lowest BCUT2D eigenvalue weighted by Gasteiger charge is -2.61. The minimum absolute atomic E-state index is 0.0684. The molecule has 7 heteroatoms. The molecule has 0 aliphatic carbocycles. The van der Waals surface area contributed by atoms with Gasteiger partial charge in [-0.05, 0) is 41.8 Å². The van der Waals surface area contributed by atoms with Gasteiger partial charge in [0.25, 0.3) is 0 Å². The highest BCUT2D eigenvalue weighted by atomic mass is 35.5. The second-order valence-corrected chi connectivity index (χ2v) is 9.99. The van der Waals surface area contributed by atoms with Crippen LogP contribution in [0.25, 0.3) is 0 Å². The molecule has 3 fully saturated rings. The Hall–Kier alpha value is -1.96. The van der Waals surface area contributed by atoms with Crippen LogP contribution < -0.4 is 0 Å². The lowest BCUT2D eigenvalue weighted by atomic mass is 9.83. The van der Waals surface area contributed by atoms with Gasteiger partial charge in [0.1, 0.15) is 0 Å². The number of hydrogen-bond acceptors (Lipinski definition) is 6. The number of β-amino-alcohol motifs (C(OH)–C–C–N with tert-alkyl or cyclic N) is 1. The number of ether oxygens (including phenoxy) is 1. The molecule has 3 heterocycles. The third-order valence-corrected chi connectivity index (χ3v) is 7.31. The average Bonchev–Trinajstić information content (AvgIpc) is 3.13. The molecule has 0 radical (unpaired) electrons. The van der Waals surface area contributed by atoms with Crippen molar-refractivity contribution < 1.29 is 14.6 Å². The lowest BCUT2D eigenvalue weighted by Crippen LogP contribution is -2.77. The van der Waals surface area contributed by atoms with Crippen molar-refractivity contribution in [3.63, 3.8) is 0 Å². The zero-order chi connectivity index (χ0) is 22.3. The number of fused-ring (bicyclic) bond motifs is 2. The summed E-state index contributed by atoms with van der Waals surface area (Å²) in [6.45, 7) is 6.33. The maximum atomic E-state index is 11.9. The molecule has 0 amide bonds. The molecular formula is C25H30ClN3O3. The zero-order valence-corrected chi connectivity index (χ0v) is 19.2. The minimum atomic E-state index is -0.303. The van der Waals surface area contributed by atoms with E-state index in [1.165, 1.54) is 12.7 Å². The van der Waals surface area contributed by atoms with Crippen molar-refractivity contribution in [1.82, 2.24) is 14.7 Å².